The second kappa shape index (κ2) is 9.38. The normalized spacial score (nSPS) is 21.2. The summed E-state index contributed by atoms with van der Waals surface area (Å²) in [6, 6.07) is 9.97. The predicted octanol–water partition coefficient (Wildman–Crippen LogP) is 0.171. The SMILES string of the molecule is O=C1NCCCC1C(=O)NCCCS(=O)(=O)N1CCN(c2ccccc2)CC1. The summed E-state index contributed by atoms with van der Waals surface area (Å²) < 4.78 is 26.6. The topological polar surface area (TPSA) is 98.8 Å². The van der Waals surface area contributed by atoms with Gasteiger partial charge >= 0.3 is 0 Å². The number of amides is 2. The molecule has 3 rings (SSSR count). The first kappa shape index (κ1) is 20.6. The zero-order chi connectivity index (χ0) is 20.0. The molecule has 2 saturated heterocycles. The van der Waals surface area contributed by atoms with E-state index in [4.69, 9.17) is 0 Å². The smallest absolute Gasteiger partial charge is 0.232 e. The molecule has 1 aromatic carbocycles. The Hall–Kier alpha value is -2.13. The number of para-hydroxylation sites is 1. The van der Waals surface area contributed by atoms with E-state index in [1.165, 1.54) is 4.31 Å². The zero-order valence-electron chi connectivity index (χ0n) is 16.0. The maximum atomic E-state index is 12.6. The van der Waals surface area contributed by atoms with Gasteiger partial charge in [-0.2, -0.15) is 4.31 Å². The van der Waals surface area contributed by atoms with Crippen molar-refractivity contribution in [2.75, 3.05) is 49.9 Å². The van der Waals surface area contributed by atoms with Crippen molar-refractivity contribution in [3.63, 3.8) is 0 Å². The molecule has 0 spiro atoms. The first-order chi connectivity index (χ1) is 13.5. The average molecular weight is 409 g/mol. The molecule has 1 unspecified atom stereocenters. The molecule has 1 aromatic rings. The van der Waals surface area contributed by atoms with E-state index in [-0.39, 0.29) is 24.1 Å². The molecular weight excluding hydrogens is 380 g/mol. The van der Waals surface area contributed by atoms with Crippen LogP contribution >= 0.6 is 0 Å². The van der Waals surface area contributed by atoms with E-state index < -0.39 is 15.9 Å². The van der Waals surface area contributed by atoms with E-state index in [1.54, 1.807) is 0 Å². The van der Waals surface area contributed by atoms with Crippen molar-refractivity contribution in [1.29, 1.82) is 0 Å². The molecule has 2 N–H and O–H groups in total. The van der Waals surface area contributed by atoms with Gasteiger partial charge in [0.15, 0.2) is 0 Å². The molecule has 2 heterocycles. The van der Waals surface area contributed by atoms with Gasteiger partial charge in [-0.25, -0.2) is 8.42 Å². The van der Waals surface area contributed by atoms with E-state index >= 15 is 0 Å². The van der Waals surface area contributed by atoms with Crippen LogP contribution in [0.15, 0.2) is 30.3 Å². The molecule has 8 nitrogen and oxygen atoms in total. The Morgan fingerprint density at radius 2 is 1.86 bits per heavy atom. The lowest BCUT2D eigenvalue weighted by Crippen LogP contribution is -2.49. The molecule has 154 valence electrons. The van der Waals surface area contributed by atoms with Crippen LogP contribution in [0.1, 0.15) is 19.3 Å². The van der Waals surface area contributed by atoms with Crippen LogP contribution in [0.3, 0.4) is 0 Å². The quantitative estimate of drug-likeness (QED) is 0.495. The fourth-order valence-corrected chi connectivity index (χ4v) is 5.09. The second-order valence-electron chi connectivity index (χ2n) is 7.17. The number of carbonyl (C=O) groups excluding carboxylic acids is 2. The Labute approximate surface area is 166 Å². The minimum Gasteiger partial charge on any atom is -0.369 e. The molecule has 0 radical (unpaired) electrons. The zero-order valence-corrected chi connectivity index (χ0v) is 16.8. The third-order valence-electron chi connectivity index (χ3n) is 5.23. The highest BCUT2D eigenvalue weighted by Gasteiger charge is 2.29. The second-order valence-corrected chi connectivity index (χ2v) is 9.26. The van der Waals surface area contributed by atoms with Gasteiger partial charge < -0.3 is 15.5 Å². The van der Waals surface area contributed by atoms with E-state index in [9.17, 15) is 18.0 Å². The number of nitrogens with one attached hydrogen (secondary N) is 2. The molecule has 2 amide bonds. The number of piperidine rings is 1. The summed E-state index contributed by atoms with van der Waals surface area (Å²) in [5.74, 6) is -1.22. The van der Waals surface area contributed by atoms with Crippen LogP contribution in [-0.2, 0) is 19.6 Å². The fraction of sp³-hybridized carbons (Fsp3) is 0.579. The highest BCUT2D eigenvalue weighted by molar-refractivity contribution is 7.89. The van der Waals surface area contributed by atoms with Crippen molar-refractivity contribution in [3.8, 4) is 0 Å². The minimum atomic E-state index is -3.35. The number of anilines is 1. The number of piperazine rings is 1. The summed E-state index contributed by atoms with van der Waals surface area (Å²) in [7, 11) is -3.35. The monoisotopic (exact) mass is 408 g/mol. The van der Waals surface area contributed by atoms with Gasteiger partial charge in [0.25, 0.3) is 0 Å². The van der Waals surface area contributed by atoms with E-state index in [0.29, 0.717) is 45.6 Å². The lowest BCUT2D eigenvalue weighted by molar-refractivity contribution is -0.136. The van der Waals surface area contributed by atoms with E-state index in [2.05, 4.69) is 15.5 Å². The molecule has 2 aliphatic heterocycles. The maximum Gasteiger partial charge on any atom is 0.232 e. The Morgan fingerprint density at radius 1 is 1.14 bits per heavy atom. The summed E-state index contributed by atoms with van der Waals surface area (Å²) in [5, 5.41) is 5.38. The minimum absolute atomic E-state index is 0.00448. The maximum absolute atomic E-state index is 12.6. The van der Waals surface area contributed by atoms with Gasteiger partial charge in [-0.1, -0.05) is 18.2 Å². The lowest BCUT2D eigenvalue weighted by Gasteiger charge is -2.35. The third kappa shape index (κ3) is 5.23. The Balaban J connectivity index is 1.40. The van der Waals surface area contributed by atoms with Crippen molar-refractivity contribution < 1.29 is 18.0 Å². The van der Waals surface area contributed by atoms with Crippen LogP contribution in [0.2, 0.25) is 0 Å². The number of hydrogen-bond acceptors (Lipinski definition) is 5. The lowest BCUT2D eigenvalue weighted by atomic mass is 9.98. The van der Waals surface area contributed by atoms with E-state index in [0.717, 1.165) is 12.1 Å². The third-order valence-corrected chi connectivity index (χ3v) is 7.19. The molecule has 0 aliphatic carbocycles. The van der Waals surface area contributed by atoms with Gasteiger partial charge in [0, 0.05) is 45.0 Å². The first-order valence-corrected chi connectivity index (χ1v) is 11.4. The molecular formula is C19H28N4O4S. The summed E-state index contributed by atoms with van der Waals surface area (Å²) in [4.78, 5) is 25.9. The van der Waals surface area contributed by atoms with Gasteiger partial charge in [0.1, 0.15) is 5.92 Å². The molecule has 9 heteroatoms. The number of carbonyl (C=O) groups is 2. The van der Waals surface area contributed by atoms with Crippen LogP contribution in [0, 0.1) is 5.92 Å². The van der Waals surface area contributed by atoms with Crippen molar-refractivity contribution in [2.45, 2.75) is 19.3 Å². The van der Waals surface area contributed by atoms with Crippen LogP contribution < -0.4 is 15.5 Å². The molecule has 0 aromatic heterocycles. The Bertz CT molecular complexity index is 776. The van der Waals surface area contributed by atoms with E-state index in [1.807, 2.05) is 30.3 Å². The number of hydrogen-bond donors (Lipinski definition) is 2. The van der Waals surface area contributed by atoms with Crippen LogP contribution in [-0.4, -0.2) is 69.6 Å². The largest absolute Gasteiger partial charge is 0.369 e. The van der Waals surface area contributed by atoms with Gasteiger partial charge in [-0.05, 0) is 31.4 Å². The average Bonchev–Trinajstić information content (AvgIpc) is 2.72. The molecule has 1 atom stereocenters. The Morgan fingerprint density at radius 3 is 2.54 bits per heavy atom. The van der Waals surface area contributed by atoms with Crippen LogP contribution in [0.5, 0.6) is 0 Å². The van der Waals surface area contributed by atoms with Crippen molar-refractivity contribution in [3.05, 3.63) is 30.3 Å². The van der Waals surface area contributed by atoms with Crippen molar-refractivity contribution in [2.24, 2.45) is 5.92 Å². The summed E-state index contributed by atoms with van der Waals surface area (Å²) >= 11 is 0. The van der Waals surface area contributed by atoms with Crippen LogP contribution in [0.25, 0.3) is 0 Å². The highest BCUT2D eigenvalue weighted by atomic mass is 32.2. The summed E-state index contributed by atoms with van der Waals surface area (Å²) in [5.41, 5.74) is 1.11. The molecule has 2 aliphatic rings. The van der Waals surface area contributed by atoms with Crippen molar-refractivity contribution in [1.82, 2.24) is 14.9 Å². The number of nitrogens with zero attached hydrogens (tertiary/aromatic N) is 2. The standard InChI is InChI=1S/C19H28N4O4S/c24-18-17(8-4-9-20-18)19(25)21-10-5-15-28(26,27)23-13-11-22(12-14-23)16-6-2-1-3-7-16/h1-3,6-7,17H,4-5,8-15H2,(H,20,24)(H,21,25). The summed E-state index contributed by atoms with van der Waals surface area (Å²) in [6.45, 7) is 3.12. The molecule has 28 heavy (non-hydrogen) atoms. The first-order valence-electron chi connectivity index (χ1n) is 9.80. The predicted molar refractivity (Wildman–Crippen MR) is 107 cm³/mol. The van der Waals surface area contributed by atoms with Gasteiger partial charge in [-0.15, -0.1) is 0 Å². The van der Waals surface area contributed by atoms with Gasteiger partial charge in [0.05, 0.1) is 5.75 Å². The van der Waals surface area contributed by atoms with Gasteiger partial charge in [-0.3, -0.25) is 9.59 Å². The van der Waals surface area contributed by atoms with Crippen LogP contribution in [0.4, 0.5) is 5.69 Å². The van der Waals surface area contributed by atoms with Gasteiger partial charge in [0.2, 0.25) is 21.8 Å². The molecule has 0 bridgehead atoms. The summed E-state index contributed by atoms with van der Waals surface area (Å²) in [6.07, 6.45) is 1.66. The highest BCUT2D eigenvalue weighted by Crippen LogP contribution is 2.17. The Kier molecular flexibility index (Phi) is 6.90. The fourth-order valence-electron chi connectivity index (χ4n) is 3.60. The number of rotatable bonds is 7. The van der Waals surface area contributed by atoms with Crippen molar-refractivity contribution >= 4 is 27.5 Å². The number of sulfonamides is 1. The molecule has 0 saturated carbocycles. The number of benzene rings is 1. The molecule has 2 fully saturated rings.